The van der Waals surface area contributed by atoms with E-state index in [1.165, 1.54) is 38.3 Å². The molecule has 0 spiro atoms. The van der Waals surface area contributed by atoms with Crippen molar-refractivity contribution >= 4 is 17.6 Å². The number of methoxy groups -OCH3 is 1. The predicted octanol–water partition coefficient (Wildman–Crippen LogP) is 4.52. The zero-order chi connectivity index (χ0) is 16.5. The second kappa shape index (κ2) is 5.96. The first-order valence-corrected chi connectivity index (χ1v) is 6.55. The summed E-state index contributed by atoms with van der Waals surface area (Å²) in [6.07, 6.45) is -4.41. The van der Waals surface area contributed by atoms with Crippen molar-refractivity contribution in [2.24, 2.45) is 0 Å². The van der Waals surface area contributed by atoms with Gasteiger partial charge < -0.3 is 4.74 Å². The van der Waals surface area contributed by atoms with E-state index in [0.29, 0.717) is 11.3 Å². The number of aromatic nitrogens is 1. The highest BCUT2D eigenvalue weighted by molar-refractivity contribution is 6.33. The van der Waals surface area contributed by atoms with Crippen molar-refractivity contribution in [2.75, 3.05) is 7.11 Å². The van der Waals surface area contributed by atoms with Gasteiger partial charge in [0.2, 0.25) is 0 Å². The highest BCUT2D eigenvalue weighted by atomic mass is 35.5. The normalized spacial score (nSPS) is 11.4. The second-order valence-electron chi connectivity index (χ2n) is 4.55. The van der Waals surface area contributed by atoms with E-state index in [9.17, 15) is 18.0 Å². The number of pyridine rings is 1. The number of esters is 1. The molecule has 0 unspecified atom stereocenters. The molecule has 0 atom stereocenters. The van der Waals surface area contributed by atoms with E-state index in [1.807, 2.05) is 0 Å². The lowest BCUT2D eigenvalue weighted by atomic mass is 10.0. The largest absolute Gasteiger partial charge is 0.464 e. The Kier molecular flexibility index (Phi) is 4.42. The van der Waals surface area contributed by atoms with Crippen molar-refractivity contribution in [1.29, 1.82) is 0 Å². The van der Waals surface area contributed by atoms with Gasteiger partial charge in [-0.05, 0) is 36.8 Å². The molecule has 0 radical (unpaired) electrons. The molecule has 3 nitrogen and oxygen atoms in total. The number of hydrogen-bond acceptors (Lipinski definition) is 3. The third-order valence-corrected chi connectivity index (χ3v) is 3.36. The zero-order valence-corrected chi connectivity index (χ0v) is 12.4. The molecule has 0 bridgehead atoms. The van der Waals surface area contributed by atoms with Crippen LogP contribution in [0, 0.1) is 6.92 Å². The standard InChI is InChI=1S/C15H11ClF3NO2/c1-8-7-9(3-4-10(8)15(17,18)19)12-6-5-11(16)13(20-12)14(21)22-2/h3-7H,1-2H3. The maximum Gasteiger partial charge on any atom is 0.416 e. The van der Waals surface area contributed by atoms with Crippen molar-refractivity contribution in [1.82, 2.24) is 4.98 Å². The van der Waals surface area contributed by atoms with Crippen LogP contribution in [0.15, 0.2) is 30.3 Å². The van der Waals surface area contributed by atoms with Crippen LogP contribution in [0.4, 0.5) is 13.2 Å². The molecule has 1 heterocycles. The van der Waals surface area contributed by atoms with Gasteiger partial charge in [0.05, 0.1) is 23.4 Å². The summed E-state index contributed by atoms with van der Waals surface area (Å²) in [6, 6.07) is 6.62. The van der Waals surface area contributed by atoms with Crippen molar-refractivity contribution in [3.8, 4) is 11.3 Å². The topological polar surface area (TPSA) is 39.2 Å². The van der Waals surface area contributed by atoms with E-state index < -0.39 is 17.7 Å². The monoisotopic (exact) mass is 329 g/mol. The minimum Gasteiger partial charge on any atom is -0.464 e. The molecule has 0 aliphatic carbocycles. The van der Waals surface area contributed by atoms with Gasteiger partial charge in [0.1, 0.15) is 0 Å². The van der Waals surface area contributed by atoms with Gasteiger partial charge in [-0.3, -0.25) is 0 Å². The summed E-state index contributed by atoms with van der Waals surface area (Å²) in [5.74, 6) is -0.713. The molecular formula is C15H11ClF3NO2. The molecule has 22 heavy (non-hydrogen) atoms. The van der Waals surface area contributed by atoms with E-state index in [4.69, 9.17) is 11.6 Å². The Labute approximate surface area is 129 Å². The molecule has 0 saturated carbocycles. The Balaban J connectivity index is 2.49. The van der Waals surface area contributed by atoms with Gasteiger partial charge in [-0.25, -0.2) is 9.78 Å². The lowest BCUT2D eigenvalue weighted by molar-refractivity contribution is -0.138. The van der Waals surface area contributed by atoms with Crippen molar-refractivity contribution < 1.29 is 22.7 Å². The fourth-order valence-electron chi connectivity index (χ4n) is 1.98. The summed E-state index contributed by atoms with van der Waals surface area (Å²) >= 11 is 5.86. The summed E-state index contributed by atoms with van der Waals surface area (Å²) in [4.78, 5) is 15.6. The van der Waals surface area contributed by atoms with Crippen LogP contribution in [-0.4, -0.2) is 18.1 Å². The number of nitrogens with zero attached hydrogens (tertiary/aromatic N) is 1. The van der Waals surface area contributed by atoms with Gasteiger partial charge in [-0.15, -0.1) is 0 Å². The molecule has 0 aliphatic rings. The van der Waals surface area contributed by atoms with Gasteiger partial charge in [-0.2, -0.15) is 13.2 Å². The summed E-state index contributed by atoms with van der Waals surface area (Å²) in [6.45, 7) is 1.36. The number of halogens is 4. The van der Waals surface area contributed by atoms with Gasteiger partial charge in [0.25, 0.3) is 0 Å². The SMILES string of the molecule is COC(=O)c1nc(-c2ccc(C(F)(F)F)c(C)c2)ccc1Cl. The minimum atomic E-state index is -4.41. The first-order chi connectivity index (χ1) is 10.2. The summed E-state index contributed by atoms with van der Waals surface area (Å²) < 4.78 is 42.8. The molecule has 1 aromatic carbocycles. The molecule has 7 heteroatoms. The van der Waals surface area contributed by atoms with Crippen molar-refractivity contribution in [3.05, 3.63) is 52.2 Å². The Morgan fingerprint density at radius 3 is 2.45 bits per heavy atom. The van der Waals surface area contributed by atoms with Crippen LogP contribution < -0.4 is 0 Å². The van der Waals surface area contributed by atoms with Gasteiger partial charge in [-0.1, -0.05) is 17.7 Å². The van der Waals surface area contributed by atoms with Crippen LogP contribution in [-0.2, 0) is 10.9 Å². The first-order valence-electron chi connectivity index (χ1n) is 6.17. The average molecular weight is 330 g/mol. The number of hydrogen-bond donors (Lipinski definition) is 0. The van der Waals surface area contributed by atoms with Gasteiger partial charge in [0, 0.05) is 5.56 Å². The number of alkyl halides is 3. The van der Waals surface area contributed by atoms with Crippen molar-refractivity contribution in [3.63, 3.8) is 0 Å². The zero-order valence-electron chi connectivity index (χ0n) is 11.7. The van der Waals surface area contributed by atoms with Gasteiger partial charge in [0.15, 0.2) is 5.69 Å². The third kappa shape index (κ3) is 3.22. The second-order valence-corrected chi connectivity index (χ2v) is 4.95. The number of rotatable bonds is 2. The number of benzene rings is 1. The van der Waals surface area contributed by atoms with Crippen LogP contribution in [0.2, 0.25) is 5.02 Å². The van der Waals surface area contributed by atoms with Crippen LogP contribution in [0.5, 0.6) is 0 Å². The molecule has 2 aromatic rings. The smallest absolute Gasteiger partial charge is 0.416 e. The predicted molar refractivity (Wildman–Crippen MR) is 75.8 cm³/mol. The maximum atomic E-state index is 12.8. The van der Waals surface area contributed by atoms with Crippen LogP contribution >= 0.6 is 11.6 Å². The molecule has 0 amide bonds. The lowest BCUT2D eigenvalue weighted by Gasteiger charge is -2.12. The van der Waals surface area contributed by atoms with Crippen molar-refractivity contribution in [2.45, 2.75) is 13.1 Å². The van der Waals surface area contributed by atoms with E-state index in [0.717, 1.165) is 6.07 Å². The fourth-order valence-corrected chi connectivity index (χ4v) is 2.17. The van der Waals surface area contributed by atoms with E-state index in [2.05, 4.69) is 9.72 Å². The lowest BCUT2D eigenvalue weighted by Crippen LogP contribution is -2.08. The summed E-state index contributed by atoms with van der Waals surface area (Å²) in [7, 11) is 1.19. The third-order valence-electron chi connectivity index (χ3n) is 3.05. The summed E-state index contributed by atoms with van der Waals surface area (Å²) in [5, 5.41) is 0.110. The van der Waals surface area contributed by atoms with Crippen LogP contribution in [0.3, 0.4) is 0 Å². The molecule has 0 N–H and O–H groups in total. The Morgan fingerprint density at radius 2 is 1.91 bits per heavy atom. The maximum absolute atomic E-state index is 12.8. The van der Waals surface area contributed by atoms with E-state index in [-0.39, 0.29) is 16.3 Å². The number of ether oxygens (including phenoxy) is 1. The molecule has 0 saturated heterocycles. The highest BCUT2D eigenvalue weighted by Crippen LogP contribution is 2.34. The number of carbonyl (C=O) groups excluding carboxylic acids is 1. The Bertz CT molecular complexity index is 729. The quantitative estimate of drug-likeness (QED) is 0.761. The van der Waals surface area contributed by atoms with Crippen LogP contribution in [0.1, 0.15) is 21.6 Å². The first kappa shape index (κ1) is 16.3. The van der Waals surface area contributed by atoms with Gasteiger partial charge >= 0.3 is 12.1 Å². The van der Waals surface area contributed by atoms with E-state index >= 15 is 0 Å². The molecular weight excluding hydrogens is 319 g/mol. The van der Waals surface area contributed by atoms with E-state index in [1.54, 1.807) is 0 Å². The molecule has 1 aromatic heterocycles. The average Bonchev–Trinajstić information content (AvgIpc) is 2.45. The van der Waals surface area contributed by atoms with Crippen LogP contribution in [0.25, 0.3) is 11.3 Å². The number of carbonyl (C=O) groups is 1. The molecule has 0 aliphatic heterocycles. The number of aryl methyl sites for hydroxylation is 1. The Morgan fingerprint density at radius 1 is 1.23 bits per heavy atom. The molecule has 116 valence electrons. The fraction of sp³-hybridized carbons (Fsp3) is 0.200. The Hall–Kier alpha value is -2.08. The molecule has 0 fully saturated rings. The molecule has 2 rings (SSSR count). The minimum absolute atomic E-state index is 0.0707. The highest BCUT2D eigenvalue weighted by Gasteiger charge is 2.32. The summed E-state index contributed by atoms with van der Waals surface area (Å²) in [5.41, 5.74) is 0.0629.